The van der Waals surface area contributed by atoms with Crippen molar-refractivity contribution in [2.45, 2.75) is 18.9 Å². The third-order valence-electron chi connectivity index (χ3n) is 3.66. The molecule has 1 N–H and O–H groups in total. The van der Waals surface area contributed by atoms with Gasteiger partial charge in [0, 0.05) is 5.69 Å². The largest absolute Gasteiger partial charge is 0.497 e. The van der Waals surface area contributed by atoms with Gasteiger partial charge in [0.15, 0.2) is 0 Å². The van der Waals surface area contributed by atoms with Crippen LogP contribution in [-0.2, 0) is 0 Å². The summed E-state index contributed by atoms with van der Waals surface area (Å²) in [6.45, 7) is 0. The quantitative estimate of drug-likeness (QED) is 0.859. The maximum atomic E-state index is 5.19. The average molecular weight is 253 g/mol. The Morgan fingerprint density at radius 1 is 1.00 bits per heavy atom. The molecule has 1 aliphatic rings. The van der Waals surface area contributed by atoms with Gasteiger partial charge in [-0.15, -0.1) is 0 Å². The van der Waals surface area contributed by atoms with E-state index in [1.807, 2.05) is 12.1 Å². The average Bonchev–Trinajstić information content (AvgIpc) is 3.31. The highest BCUT2D eigenvalue weighted by Gasteiger charge is 2.32. The highest BCUT2D eigenvalue weighted by Crippen LogP contribution is 2.42. The van der Waals surface area contributed by atoms with Crippen LogP contribution in [-0.4, -0.2) is 7.11 Å². The number of methoxy groups -OCH3 is 1. The Morgan fingerprint density at radius 2 is 1.68 bits per heavy atom. The van der Waals surface area contributed by atoms with E-state index in [0.29, 0.717) is 6.04 Å². The van der Waals surface area contributed by atoms with Crippen molar-refractivity contribution in [3.05, 3.63) is 60.2 Å². The molecule has 0 radical (unpaired) electrons. The molecule has 1 unspecified atom stereocenters. The van der Waals surface area contributed by atoms with Crippen molar-refractivity contribution >= 4 is 5.69 Å². The summed E-state index contributed by atoms with van der Waals surface area (Å²) in [5.74, 6) is 1.66. The molecule has 1 fully saturated rings. The topological polar surface area (TPSA) is 21.3 Å². The first-order valence-corrected chi connectivity index (χ1v) is 6.82. The number of nitrogens with one attached hydrogen (secondary N) is 1. The van der Waals surface area contributed by atoms with Crippen LogP contribution in [0, 0.1) is 5.92 Å². The molecule has 1 atom stereocenters. The number of benzene rings is 2. The zero-order valence-electron chi connectivity index (χ0n) is 11.2. The van der Waals surface area contributed by atoms with E-state index in [9.17, 15) is 0 Å². The minimum atomic E-state index is 0.426. The maximum absolute atomic E-state index is 5.19. The second kappa shape index (κ2) is 5.35. The van der Waals surface area contributed by atoms with Gasteiger partial charge in [-0.1, -0.05) is 30.3 Å². The fraction of sp³-hybridized carbons (Fsp3) is 0.294. The number of ether oxygens (including phenoxy) is 1. The fourth-order valence-electron chi connectivity index (χ4n) is 2.43. The summed E-state index contributed by atoms with van der Waals surface area (Å²) >= 11 is 0. The van der Waals surface area contributed by atoms with Crippen molar-refractivity contribution in [3.8, 4) is 5.75 Å². The predicted molar refractivity (Wildman–Crippen MR) is 78.5 cm³/mol. The molecule has 0 aliphatic heterocycles. The lowest BCUT2D eigenvalue weighted by Gasteiger charge is -2.20. The zero-order chi connectivity index (χ0) is 13.1. The maximum Gasteiger partial charge on any atom is 0.119 e. The molecule has 2 nitrogen and oxygen atoms in total. The fourth-order valence-corrected chi connectivity index (χ4v) is 2.43. The van der Waals surface area contributed by atoms with Crippen LogP contribution >= 0.6 is 0 Å². The molecule has 0 aromatic heterocycles. The van der Waals surface area contributed by atoms with Crippen molar-refractivity contribution in [2.24, 2.45) is 5.92 Å². The van der Waals surface area contributed by atoms with Crippen LogP contribution in [0.1, 0.15) is 24.4 Å². The molecule has 0 bridgehead atoms. The Balaban J connectivity index is 1.78. The molecule has 1 saturated carbocycles. The molecule has 0 spiro atoms. The first-order valence-electron chi connectivity index (χ1n) is 6.82. The van der Waals surface area contributed by atoms with Gasteiger partial charge < -0.3 is 10.1 Å². The van der Waals surface area contributed by atoms with Crippen LogP contribution in [0.5, 0.6) is 5.75 Å². The van der Waals surface area contributed by atoms with Gasteiger partial charge in [0.05, 0.1) is 13.2 Å². The summed E-state index contributed by atoms with van der Waals surface area (Å²) in [5, 5.41) is 3.65. The molecule has 2 heteroatoms. The molecule has 0 saturated heterocycles. The van der Waals surface area contributed by atoms with Gasteiger partial charge in [-0.25, -0.2) is 0 Å². The van der Waals surface area contributed by atoms with Crippen LogP contribution in [0.15, 0.2) is 54.6 Å². The lowest BCUT2D eigenvalue weighted by molar-refractivity contribution is 0.415. The van der Waals surface area contributed by atoms with Crippen LogP contribution in [0.3, 0.4) is 0 Å². The molecule has 0 amide bonds. The molecule has 1 aliphatic carbocycles. The number of hydrogen-bond donors (Lipinski definition) is 1. The van der Waals surface area contributed by atoms with Gasteiger partial charge in [0.25, 0.3) is 0 Å². The molecular formula is C17H19NO. The number of hydrogen-bond acceptors (Lipinski definition) is 2. The van der Waals surface area contributed by atoms with Crippen molar-refractivity contribution in [1.82, 2.24) is 0 Å². The van der Waals surface area contributed by atoms with Crippen LogP contribution in [0.4, 0.5) is 5.69 Å². The Hall–Kier alpha value is -1.96. The van der Waals surface area contributed by atoms with Crippen molar-refractivity contribution in [2.75, 3.05) is 12.4 Å². The van der Waals surface area contributed by atoms with Gasteiger partial charge in [0.1, 0.15) is 5.75 Å². The Bertz CT molecular complexity index is 517. The summed E-state index contributed by atoms with van der Waals surface area (Å²) in [4.78, 5) is 0. The summed E-state index contributed by atoms with van der Waals surface area (Å²) in [5.41, 5.74) is 2.53. The molecule has 0 heterocycles. The lowest BCUT2D eigenvalue weighted by Crippen LogP contribution is -2.12. The Kier molecular flexibility index (Phi) is 3.41. The minimum absolute atomic E-state index is 0.426. The van der Waals surface area contributed by atoms with Gasteiger partial charge >= 0.3 is 0 Å². The summed E-state index contributed by atoms with van der Waals surface area (Å²) in [7, 11) is 1.69. The van der Waals surface area contributed by atoms with E-state index in [1.165, 1.54) is 18.4 Å². The summed E-state index contributed by atoms with van der Waals surface area (Å²) < 4.78 is 5.19. The van der Waals surface area contributed by atoms with E-state index in [2.05, 4.69) is 47.8 Å². The van der Waals surface area contributed by atoms with E-state index in [-0.39, 0.29) is 0 Å². The second-order valence-corrected chi connectivity index (χ2v) is 5.10. The number of rotatable bonds is 5. The van der Waals surface area contributed by atoms with Crippen molar-refractivity contribution < 1.29 is 4.74 Å². The van der Waals surface area contributed by atoms with Crippen molar-refractivity contribution in [3.63, 3.8) is 0 Å². The second-order valence-electron chi connectivity index (χ2n) is 5.10. The monoisotopic (exact) mass is 253 g/mol. The molecule has 98 valence electrons. The Morgan fingerprint density at radius 3 is 2.26 bits per heavy atom. The van der Waals surface area contributed by atoms with Crippen LogP contribution in [0.25, 0.3) is 0 Å². The smallest absolute Gasteiger partial charge is 0.119 e. The van der Waals surface area contributed by atoms with Crippen LogP contribution in [0.2, 0.25) is 0 Å². The first kappa shape index (κ1) is 12.1. The van der Waals surface area contributed by atoms with Gasteiger partial charge in [-0.3, -0.25) is 0 Å². The highest BCUT2D eigenvalue weighted by atomic mass is 16.5. The highest BCUT2D eigenvalue weighted by molar-refractivity contribution is 5.48. The molecule has 3 rings (SSSR count). The Labute approximate surface area is 114 Å². The van der Waals surface area contributed by atoms with E-state index >= 15 is 0 Å². The van der Waals surface area contributed by atoms with Gasteiger partial charge in [-0.2, -0.15) is 0 Å². The standard InChI is InChI=1S/C17H19NO/c1-19-16-11-9-15(10-12-16)18-17(14-7-8-14)13-5-3-2-4-6-13/h2-6,9-12,14,17-18H,7-8H2,1H3. The van der Waals surface area contributed by atoms with E-state index in [0.717, 1.165) is 17.4 Å². The summed E-state index contributed by atoms with van der Waals surface area (Å²) in [6.07, 6.45) is 2.64. The van der Waals surface area contributed by atoms with Crippen molar-refractivity contribution in [1.29, 1.82) is 0 Å². The van der Waals surface area contributed by atoms with E-state index < -0.39 is 0 Å². The predicted octanol–water partition coefficient (Wildman–Crippen LogP) is 4.26. The minimum Gasteiger partial charge on any atom is -0.497 e. The molecular weight excluding hydrogens is 234 g/mol. The lowest BCUT2D eigenvalue weighted by atomic mass is 10.0. The normalized spacial score (nSPS) is 15.8. The van der Waals surface area contributed by atoms with E-state index in [1.54, 1.807) is 7.11 Å². The summed E-state index contributed by atoms with van der Waals surface area (Å²) in [6, 6.07) is 19.3. The molecule has 2 aromatic carbocycles. The molecule has 19 heavy (non-hydrogen) atoms. The van der Waals surface area contributed by atoms with Crippen LogP contribution < -0.4 is 10.1 Å². The SMILES string of the molecule is COc1ccc(NC(c2ccccc2)C2CC2)cc1. The number of anilines is 1. The van der Waals surface area contributed by atoms with Gasteiger partial charge in [0.2, 0.25) is 0 Å². The molecule has 2 aromatic rings. The zero-order valence-corrected chi connectivity index (χ0v) is 11.2. The van der Waals surface area contributed by atoms with Gasteiger partial charge in [-0.05, 0) is 48.6 Å². The third kappa shape index (κ3) is 2.90. The first-order chi connectivity index (χ1) is 9.36. The third-order valence-corrected chi connectivity index (χ3v) is 3.66. The van der Waals surface area contributed by atoms with E-state index in [4.69, 9.17) is 4.74 Å².